The van der Waals surface area contributed by atoms with Gasteiger partial charge in [-0.3, -0.25) is 0 Å². The van der Waals surface area contributed by atoms with E-state index in [9.17, 15) is 0 Å². The highest BCUT2D eigenvalue weighted by atomic mass is 16.5. The second-order valence-corrected chi connectivity index (χ2v) is 5.12. The zero-order valence-electron chi connectivity index (χ0n) is 10.2. The molecule has 4 heteroatoms. The summed E-state index contributed by atoms with van der Waals surface area (Å²) >= 11 is 0. The third kappa shape index (κ3) is 2.58. The van der Waals surface area contributed by atoms with Crippen molar-refractivity contribution in [3.63, 3.8) is 0 Å². The Balaban J connectivity index is 3.10. The fraction of sp³-hybridized carbons (Fsp3) is 0.727. The van der Waals surface area contributed by atoms with Crippen LogP contribution in [-0.4, -0.2) is 23.3 Å². The molecule has 1 aromatic rings. The van der Waals surface area contributed by atoms with Crippen LogP contribution in [0.4, 0.5) is 0 Å². The van der Waals surface area contributed by atoms with E-state index in [1.807, 2.05) is 26.4 Å². The molecule has 2 N–H and O–H groups in total. The summed E-state index contributed by atoms with van der Waals surface area (Å²) < 4.78 is 7.29. The van der Waals surface area contributed by atoms with Crippen molar-refractivity contribution in [3.8, 4) is 0 Å². The van der Waals surface area contributed by atoms with Gasteiger partial charge in [-0.15, -0.1) is 0 Å². The van der Waals surface area contributed by atoms with Crippen LogP contribution in [-0.2, 0) is 15.8 Å². The van der Waals surface area contributed by atoms with Crippen molar-refractivity contribution in [1.29, 1.82) is 0 Å². The van der Waals surface area contributed by atoms with Gasteiger partial charge in [0, 0.05) is 7.11 Å². The molecule has 0 aliphatic heterocycles. The van der Waals surface area contributed by atoms with Gasteiger partial charge in [-0.2, -0.15) is 0 Å². The maximum Gasteiger partial charge on any atom is 0.0954 e. The van der Waals surface area contributed by atoms with E-state index in [0.29, 0.717) is 6.61 Å². The molecule has 0 spiro atoms. The van der Waals surface area contributed by atoms with Crippen molar-refractivity contribution in [2.24, 2.45) is 5.73 Å². The Morgan fingerprint density at radius 2 is 2.00 bits per heavy atom. The fourth-order valence-corrected chi connectivity index (χ4v) is 1.68. The Bertz CT molecular complexity index is 323. The number of nitrogens with zero attached hydrogens (tertiary/aromatic N) is 2. The van der Waals surface area contributed by atoms with Gasteiger partial charge in [-0.05, 0) is 27.7 Å². The van der Waals surface area contributed by atoms with E-state index >= 15 is 0 Å². The molecule has 1 heterocycles. The molecule has 4 nitrogen and oxygen atoms in total. The van der Waals surface area contributed by atoms with E-state index < -0.39 is 0 Å². The highest BCUT2D eigenvalue weighted by Crippen LogP contribution is 2.24. The lowest BCUT2D eigenvalue weighted by Gasteiger charge is -2.31. The van der Waals surface area contributed by atoms with E-state index in [1.54, 1.807) is 7.11 Å². The van der Waals surface area contributed by atoms with E-state index in [0.717, 1.165) is 5.69 Å². The third-order valence-corrected chi connectivity index (χ3v) is 2.45. The minimum atomic E-state index is -0.387. The van der Waals surface area contributed by atoms with Crippen LogP contribution in [0.25, 0.3) is 0 Å². The highest BCUT2D eigenvalue weighted by molar-refractivity contribution is 5.12. The van der Waals surface area contributed by atoms with Gasteiger partial charge < -0.3 is 15.0 Å². The average Bonchev–Trinajstić information content (AvgIpc) is 2.49. The summed E-state index contributed by atoms with van der Waals surface area (Å²) in [5.74, 6) is 0. The zero-order chi connectivity index (χ0) is 11.7. The fourth-order valence-electron chi connectivity index (χ4n) is 1.68. The number of nitrogens with two attached hydrogens (primary N) is 1. The van der Waals surface area contributed by atoms with Crippen LogP contribution in [0.2, 0.25) is 0 Å². The van der Waals surface area contributed by atoms with Crippen LogP contribution < -0.4 is 5.73 Å². The standard InChI is InChI=1S/C11H21N3O/c1-10(2,7-15-5)14-8-13-6-9(14)11(3,4)12/h6,8H,7,12H2,1-5H3. The van der Waals surface area contributed by atoms with Crippen LogP contribution in [0.15, 0.2) is 12.5 Å². The van der Waals surface area contributed by atoms with Gasteiger partial charge in [0.1, 0.15) is 0 Å². The average molecular weight is 211 g/mol. The summed E-state index contributed by atoms with van der Waals surface area (Å²) in [5.41, 5.74) is 6.60. The van der Waals surface area contributed by atoms with Crippen molar-refractivity contribution in [2.45, 2.75) is 38.8 Å². The van der Waals surface area contributed by atoms with Crippen LogP contribution in [0.3, 0.4) is 0 Å². The monoisotopic (exact) mass is 211 g/mol. The second-order valence-electron chi connectivity index (χ2n) is 5.12. The maximum absolute atomic E-state index is 6.09. The van der Waals surface area contributed by atoms with Gasteiger partial charge in [0.2, 0.25) is 0 Å². The summed E-state index contributed by atoms with van der Waals surface area (Å²) in [6, 6.07) is 0. The number of imidazole rings is 1. The Morgan fingerprint density at radius 3 is 2.47 bits per heavy atom. The van der Waals surface area contributed by atoms with E-state index in [2.05, 4.69) is 23.4 Å². The molecule has 86 valence electrons. The Kier molecular flexibility index (Phi) is 3.21. The van der Waals surface area contributed by atoms with Crippen LogP contribution in [0, 0.1) is 0 Å². The minimum absolute atomic E-state index is 0.128. The molecule has 0 saturated carbocycles. The van der Waals surface area contributed by atoms with Gasteiger partial charge in [-0.1, -0.05) is 0 Å². The molecule has 0 fully saturated rings. The predicted octanol–water partition coefficient (Wildman–Crippen LogP) is 1.46. The number of ether oxygens (including phenoxy) is 1. The molecule has 1 aromatic heterocycles. The van der Waals surface area contributed by atoms with Gasteiger partial charge >= 0.3 is 0 Å². The zero-order valence-corrected chi connectivity index (χ0v) is 10.2. The van der Waals surface area contributed by atoms with Crippen molar-refractivity contribution in [1.82, 2.24) is 9.55 Å². The molecular weight excluding hydrogens is 190 g/mol. The molecule has 0 bridgehead atoms. The van der Waals surface area contributed by atoms with Crippen LogP contribution >= 0.6 is 0 Å². The first-order chi connectivity index (χ1) is 6.79. The lowest BCUT2D eigenvalue weighted by atomic mass is 9.99. The van der Waals surface area contributed by atoms with E-state index in [-0.39, 0.29) is 11.1 Å². The number of rotatable bonds is 4. The molecule has 0 atom stereocenters. The molecular formula is C11H21N3O. The highest BCUT2D eigenvalue weighted by Gasteiger charge is 2.27. The lowest BCUT2D eigenvalue weighted by Crippen LogP contribution is -2.39. The smallest absolute Gasteiger partial charge is 0.0954 e. The van der Waals surface area contributed by atoms with Gasteiger partial charge in [0.05, 0.1) is 35.9 Å². The Labute approximate surface area is 91.4 Å². The number of hydrogen-bond acceptors (Lipinski definition) is 3. The van der Waals surface area contributed by atoms with Crippen molar-refractivity contribution in [2.75, 3.05) is 13.7 Å². The lowest BCUT2D eigenvalue weighted by molar-refractivity contribution is 0.106. The second kappa shape index (κ2) is 3.94. The minimum Gasteiger partial charge on any atom is -0.382 e. The molecule has 0 amide bonds. The maximum atomic E-state index is 6.09. The topological polar surface area (TPSA) is 53.1 Å². The first kappa shape index (κ1) is 12.2. The largest absolute Gasteiger partial charge is 0.382 e. The molecule has 0 radical (unpaired) electrons. The molecule has 1 rings (SSSR count). The molecule has 0 aliphatic rings. The molecule has 0 unspecified atom stereocenters. The number of methoxy groups -OCH3 is 1. The number of hydrogen-bond donors (Lipinski definition) is 1. The van der Waals surface area contributed by atoms with Crippen molar-refractivity contribution < 1.29 is 4.74 Å². The van der Waals surface area contributed by atoms with Crippen LogP contribution in [0.1, 0.15) is 33.4 Å². The van der Waals surface area contributed by atoms with Gasteiger partial charge in [-0.25, -0.2) is 4.98 Å². The molecule has 0 aliphatic carbocycles. The van der Waals surface area contributed by atoms with Crippen molar-refractivity contribution in [3.05, 3.63) is 18.2 Å². The summed E-state index contributed by atoms with van der Waals surface area (Å²) in [6.07, 6.45) is 3.63. The molecule has 0 saturated heterocycles. The predicted molar refractivity (Wildman–Crippen MR) is 60.6 cm³/mol. The van der Waals surface area contributed by atoms with E-state index in [1.165, 1.54) is 0 Å². The summed E-state index contributed by atoms with van der Waals surface area (Å²) in [5, 5.41) is 0. The van der Waals surface area contributed by atoms with Crippen LogP contribution in [0.5, 0.6) is 0 Å². The first-order valence-corrected chi connectivity index (χ1v) is 5.10. The third-order valence-electron chi connectivity index (χ3n) is 2.45. The van der Waals surface area contributed by atoms with Gasteiger partial charge in [0.25, 0.3) is 0 Å². The molecule has 15 heavy (non-hydrogen) atoms. The molecule has 0 aromatic carbocycles. The number of aromatic nitrogens is 2. The summed E-state index contributed by atoms with van der Waals surface area (Å²) in [4.78, 5) is 4.16. The Hall–Kier alpha value is -0.870. The van der Waals surface area contributed by atoms with E-state index in [4.69, 9.17) is 10.5 Å². The first-order valence-electron chi connectivity index (χ1n) is 5.10. The van der Waals surface area contributed by atoms with Crippen molar-refractivity contribution >= 4 is 0 Å². The van der Waals surface area contributed by atoms with Gasteiger partial charge in [0.15, 0.2) is 0 Å². The summed E-state index contributed by atoms with van der Waals surface area (Å²) in [6.45, 7) is 8.79. The summed E-state index contributed by atoms with van der Waals surface area (Å²) in [7, 11) is 1.70. The SMILES string of the molecule is COCC(C)(C)n1cncc1C(C)(C)N. The normalized spacial score (nSPS) is 13.2. The quantitative estimate of drug-likeness (QED) is 0.820. The Morgan fingerprint density at radius 1 is 1.40 bits per heavy atom.